The quantitative estimate of drug-likeness (QED) is 0.125. The van der Waals surface area contributed by atoms with Crippen LogP contribution in [0.3, 0.4) is 0 Å². The van der Waals surface area contributed by atoms with Crippen molar-refractivity contribution in [2.45, 2.75) is 200 Å². The Hall–Kier alpha value is -2.53. The molecule has 0 spiro atoms. The summed E-state index contributed by atoms with van der Waals surface area (Å²) in [5.74, 6) is -5.68. The van der Waals surface area contributed by atoms with E-state index in [9.17, 15) is 39.9 Å². The van der Waals surface area contributed by atoms with Crippen LogP contribution in [-0.2, 0) is 44.5 Å². The summed E-state index contributed by atoms with van der Waals surface area (Å²) >= 11 is 0. The second-order valence-electron chi connectivity index (χ2n) is 19.8. The van der Waals surface area contributed by atoms with Crippen molar-refractivity contribution < 1.29 is 63.6 Å². The number of rotatable bonds is 12. The topological polar surface area (TPSA) is 211 Å². The molecule has 3 aliphatic heterocycles. The number of aliphatic hydroxyl groups excluding tert-OH is 3. The molecule has 17 atom stereocenters. The predicted octanol–water partition coefficient (Wildman–Crippen LogP) is 4.62. The first-order chi connectivity index (χ1) is 28.4. The number of aryl methyl sites for hydroxylation is 1. The van der Waals surface area contributed by atoms with Gasteiger partial charge in [-0.15, -0.1) is 0 Å². The summed E-state index contributed by atoms with van der Waals surface area (Å²) in [6.45, 7) is 18.6. The number of carbonyl (C=O) groups excluding carboxylic acids is 3. The van der Waals surface area contributed by atoms with Gasteiger partial charge in [0.05, 0.1) is 48.1 Å². The van der Waals surface area contributed by atoms with Crippen molar-refractivity contribution in [3.05, 3.63) is 35.9 Å². The minimum atomic E-state index is -2.16. The van der Waals surface area contributed by atoms with Crippen molar-refractivity contribution in [3.63, 3.8) is 0 Å². The van der Waals surface area contributed by atoms with E-state index >= 15 is 0 Å². The van der Waals surface area contributed by atoms with E-state index in [1.807, 2.05) is 58.0 Å². The highest BCUT2D eigenvalue weighted by atomic mass is 16.7. The van der Waals surface area contributed by atoms with Gasteiger partial charge in [-0.3, -0.25) is 14.4 Å². The number of ketones is 1. The zero-order valence-electron chi connectivity index (χ0n) is 38.4. The smallest absolute Gasteiger partial charge is 0.311 e. The van der Waals surface area contributed by atoms with Gasteiger partial charge in [0.25, 0.3) is 0 Å². The molecule has 3 aliphatic rings. The molecule has 0 bridgehead atoms. The van der Waals surface area contributed by atoms with Crippen molar-refractivity contribution in [1.82, 2.24) is 5.32 Å². The molecule has 0 aliphatic carbocycles. The van der Waals surface area contributed by atoms with E-state index < -0.39 is 107 Å². The third kappa shape index (κ3) is 13.0. The highest BCUT2D eigenvalue weighted by molar-refractivity contribution is 5.83. The first kappa shape index (κ1) is 51.1. The minimum absolute atomic E-state index is 0.00628. The van der Waals surface area contributed by atoms with Gasteiger partial charge in [-0.25, -0.2) is 0 Å². The second-order valence-corrected chi connectivity index (χ2v) is 19.8. The standard InChI is InChI=1S/C47H77NO13/c1-26-23-28(3)57-44(38(26)51)61-42-30(5)39(60-36-25-45(8,9)41(53)32(7)58-36)31(6)43(54)59-34(21-22-48-35(49)20-16-15-19-33-17-13-12-14-18-33)47(11,56)40(52)29(4)37(50)27(2)24-46(42,10)55/h12-14,17-18,26-32,34,36,38-42,44,51-53,55-56H,15-16,19-25H2,1-11H3,(H,48,49)/t26?,27-,28?,29+,30+,31-,32?,34-,36?,38?,39+,40-,41?,42-,44?,46-,47-/m1/s1. The maximum absolute atomic E-state index is 14.5. The lowest BCUT2D eigenvalue weighted by Crippen LogP contribution is -2.59. The van der Waals surface area contributed by atoms with Gasteiger partial charge in [-0.05, 0) is 83.6 Å². The average Bonchev–Trinajstić information content (AvgIpc) is 3.19. The molecule has 3 heterocycles. The summed E-state index contributed by atoms with van der Waals surface area (Å²) in [7, 11) is 0. The molecule has 4 rings (SSSR count). The maximum Gasteiger partial charge on any atom is 0.311 e. The van der Waals surface area contributed by atoms with Gasteiger partial charge in [-0.1, -0.05) is 71.9 Å². The maximum atomic E-state index is 14.5. The molecule has 14 nitrogen and oxygen atoms in total. The summed E-state index contributed by atoms with van der Waals surface area (Å²) in [4.78, 5) is 41.5. The van der Waals surface area contributed by atoms with Gasteiger partial charge in [-0.2, -0.15) is 0 Å². The van der Waals surface area contributed by atoms with E-state index in [1.165, 1.54) is 26.3 Å². The highest BCUT2D eigenvalue weighted by Gasteiger charge is 2.53. The van der Waals surface area contributed by atoms with Crippen LogP contribution < -0.4 is 5.32 Å². The highest BCUT2D eigenvalue weighted by Crippen LogP contribution is 2.42. The number of hydrogen-bond donors (Lipinski definition) is 6. The van der Waals surface area contributed by atoms with Crippen LogP contribution in [0.2, 0.25) is 0 Å². The van der Waals surface area contributed by atoms with Crippen molar-refractivity contribution in [2.24, 2.45) is 35.0 Å². The largest absolute Gasteiger partial charge is 0.459 e. The molecule has 0 aromatic heterocycles. The number of amides is 1. The number of unbranched alkanes of at least 4 members (excludes halogenated alkanes) is 1. The molecule has 0 saturated carbocycles. The molecule has 348 valence electrons. The van der Waals surface area contributed by atoms with E-state index in [0.717, 1.165) is 12.8 Å². The molecule has 1 amide bonds. The molecule has 3 fully saturated rings. The SMILES string of the molecule is CC1CC(C)C(O)C(O[C@@H]2[C@@H](C)[C@H](OC3CC(C)(C)C(O)C(C)O3)[C@@H](C)C(=O)O[C@H](CCNC(=O)CCCCc3ccccc3)[C@@](C)(O)[C@H](O)[C@@H](C)C(=O)[C@H](C)C[C@@]2(C)O)O1. The van der Waals surface area contributed by atoms with Crippen molar-refractivity contribution in [3.8, 4) is 0 Å². The normalized spacial score (nSPS) is 41.7. The van der Waals surface area contributed by atoms with E-state index in [4.69, 9.17) is 23.7 Å². The molecule has 61 heavy (non-hydrogen) atoms. The molecule has 0 radical (unpaired) electrons. The number of cyclic esters (lactones) is 1. The number of Topliss-reactive ketones (excluding diaryl/α,β-unsaturated/α-hetero) is 1. The predicted molar refractivity (Wildman–Crippen MR) is 228 cm³/mol. The Morgan fingerprint density at radius 3 is 2.15 bits per heavy atom. The molecule has 14 heteroatoms. The number of esters is 1. The van der Waals surface area contributed by atoms with Crippen LogP contribution in [0.15, 0.2) is 30.3 Å². The van der Waals surface area contributed by atoms with Crippen LogP contribution in [-0.4, -0.2) is 122 Å². The van der Waals surface area contributed by atoms with Crippen molar-refractivity contribution in [1.29, 1.82) is 0 Å². The Bertz CT molecular complexity index is 1570. The lowest BCUT2D eigenvalue weighted by Gasteiger charge is -2.48. The second kappa shape index (κ2) is 21.4. The fourth-order valence-corrected chi connectivity index (χ4v) is 9.74. The molecule has 3 saturated heterocycles. The van der Waals surface area contributed by atoms with Gasteiger partial charge >= 0.3 is 5.97 Å². The monoisotopic (exact) mass is 864 g/mol. The van der Waals surface area contributed by atoms with Crippen LogP contribution in [0.4, 0.5) is 0 Å². The minimum Gasteiger partial charge on any atom is -0.459 e. The molecule has 1 aromatic rings. The molecule has 7 unspecified atom stereocenters. The van der Waals surface area contributed by atoms with E-state index in [1.54, 1.807) is 27.7 Å². The Kier molecular flexibility index (Phi) is 18.0. The average molecular weight is 864 g/mol. The van der Waals surface area contributed by atoms with E-state index in [-0.39, 0.29) is 50.2 Å². The van der Waals surface area contributed by atoms with Gasteiger partial charge in [0.15, 0.2) is 12.6 Å². The Morgan fingerprint density at radius 1 is 0.852 bits per heavy atom. The number of aliphatic hydroxyl groups is 5. The van der Waals surface area contributed by atoms with E-state index in [2.05, 4.69) is 5.32 Å². The Labute approximate surface area is 363 Å². The third-order valence-electron chi connectivity index (χ3n) is 13.6. The molecular weight excluding hydrogens is 787 g/mol. The summed E-state index contributed by atoms with van der Waals surface area (Å²) in [5, 5.41) is 61.3. The zero-order chi connectivity index (χ0) is 45.6. The van der Waals surface area contributed by atoms with Crippen LogP contribution in [0, 0.1) is 35.0 Å². The fourth-order valence-electron chi connectivity index (χ4n) is 9.74. The first-order valence-electron chi connectivity index (χ1n) is 22.5. The Balaban J connectivity index is 1.67. The van der Waals surface area contributed by atoms with Crippen LogP contribution in [0.1, 0.15) is 127 Å². The summed E-state index contributed by atoms with van der Waals surface area (Å²) < 4.78 is 31.7. The molecular formula is C47H77NO13. The van der Waals surface area contributed by atoms with Gasteiger partial charge < -0.3 is 54.5 Å². The van der Waals surface area contributed by atoms with Crippen molar-refractivity contribution in [2.75, 3.05) is 6.54 Å². The van der Waals surface area contributed by atoms with Gasteiger partial charge in [0.2, 0.25) is 5.91 Å². The molecule has 1 aromatic carbocycles. The zero-order valence-corrected chi connectivity index (χ0v) is 38.4. The number of carbonyl (C=O) groups is 3. The fraction of sp³-hybridized carbons (Fsp3) is 0.809. The van der Waals surface area contributed by atoms with Crippen molar-refractivity contribution >= 4 is 17.7 Å². The van der Waals surface area contributed by atoms with Gasteiger partial charge in [0, 0.05) is 43.6 Å². The number of ether oxygens (including phenoxy) is 5. The van der Waals surface area contributed by atoms with Crippen LogP contribution in [0.5, 0.6) is 0 Å². The van der Waals surface area contributed by atoms with E-state index in [0.29, 0.717) is 12.8 Å². The summed E-state index contributed by atoms with van der Waals surface area (Å²) in [5.41, 5.74) is -3.41. The molecule has 6 N–H and O–H groups in total. The number of benzene rings is 1. The number of hydrogen-bond acceptors (Lipinski definition) is 13. The summed E-state index contributed by atoms with van der Waals surface area (Å²) in [6.07, 6.45) is -7.04. The lowest BCUT2D eigenvalue weighted by molar-refractivity contribution is -0.312. The lowest BCUT2D eigenvalue weighted by atomic mass is 9.74. The summed E-state index contributed by atoms with van der Waals surface area (Å²) in [6, 6.07) is 10.0. The Morgan fingerprint density at radius 2 is 1.51 bits per heavy atom. The van der Waals surface area contributed by atoms with Crippen LogP contribution >= 0.6 is 0 Å². The number of nitrogens with one attached hydrogen (secondary N) is 1. The van der Waals surface area contributed by atoms with Gasteiger partial charge in [0.1, 0.15) is 23.6 Å². The first-order valence-corrected chi connectivity index (χ1v) is 22.5. The third-order valence-corrected chi connectivity index (χ3v) is 13.6. The van der Waals surface area contributed by atoms with Crippen LogP contribution in [0.25, 0.3) is 0 Å².